The molecule has 0 radical (unpaired) electrons. The third-order valence-electron chi connectivity index (χ3n) is 5.41. The van der Waals surface area contributed by atoms with Gasteiger partial charge in [-0.1, -0.05) is 18.9 Å². The summed E-state index contributed by atoms with van der Waals surface area (Å²) in [5.41, 5.74) is 0.967. The van der Waals surface area contributed by atoms with Crippen molar-refractivity contribution in [2.75, 3.05) is 27.3 Å². The summed E-state index contributed by atoms with van der Waals surface area (Å²) >= 11 is 0. The first-order chi connectivity index (χ1) is 13.1. The van der Waals surface area contributed by atoms with Crippen LogP contribution >= 0.6 is 0 Å². The second kappa shape index (κ2) is 9.08. The van der Waals surface area contributed by atoms with Crippen molar-refractivity contribution in [3.8, 4) is 11.5 Å². The van der Waals surface area contributed by atoms with Gasteiger partial charge >= 0.3 is 0 Å². The van der Waals surface area contributed by atoms with Crippen LogP contribution in [0, 0.1) is 0 Å². The van der Waals surface area contributed by atoms with E-state index in [-0.39, 0.29) is 24.3 Å². The summed E-state index contributed by atoms with van der Waals surface area (Å²) in [6, 6.07) is 5.45. The van der Waals surface area contributed by atoms with E-state index in [4.69, 9.17) is 9.47 Å². The molecule has 1 aliphatic carbocycles. The number of benzene rings is 1. The molecule has 1 atom stereocenters. The Bertz CT molecular complexity index is 673. The fourth-order valence-corrected chi connectivity index (χ4v) is 3.91. The van der Waals surface area contributed by atoms with Gasteiger partial charge in [0.2, 0.25) is 11.8 Å². The third kappa shape index (κ3) is 4.91. The highest BCUT2D eigenvalue weighted by molar-refractivity contribution is 5.88. The molecule has 1 aliphatic heterocycles. The number of hydrogen-bond acceptors (Lipinski definition) is 5. The molecule has 3 rings (SSSR count). The van der Waals surface area contributed by atoms with Crippen molar-refractivity contribution in [3.63, 3.8) is 0 Å². The Morgan fingerprint density at radius 2 is 2.04 bits per heavy atom. The monoisotopic (exact) mass is 375 g/mol. The van der Waals surface area contributed by atoms with Gasteiger partial charge in [-0.3, -0.25) is 14.5 Å². The molecule has 7 heteroatoms. The van der Waals surface area contributed by atoms with Crippen molar-refractivity contribution in [1.29, 1.82) is 0 Å². The van der Waals surface area contributed by atoms with Gasteiger partial charge in [-0.15, -0.1) is 0 Å². The minimum Gasteiger partial charge on any atom is -0.497 e. The van der Waals surface area contributed by atoms with Gasteiger partial charge in [0.25, 0.3) is 0 Å². The van der Waals surface area contributed by atoms with Crippen molar-refractivity contribution in [3.05, 3.63) is 23.8 Å². The van der Waals surface area contributed by atoms with Crippen LogP contribution in [0.5, 0.6) is 11.5 Å². The van der Waals surface area contributed by atoms with Gasteiger partial charge in [0.1, 0.15) is 11.5 Å². The molecular formula is C20H29N3O4. The Kier molecular flexibility index (Phi) is 6.55. The Balaban J connectivity index is 1.68. The summed E-state index contributed by atoms with van der Waals surface area (Å²) in [6.45, 7) is 1.82. The second-order valence-electron chi connectivity index (χ2n) is 7.21. The highest BCUT2D eigenvalue weighted by Gasteiger charge is 2.32. The number of methoxy groups -OCH3 is 2. The summed E-state index contributed by atoms with van der Waals surface area (Å²) in [5.74, 6) is 1.31. The van der Waals surface area contributed by atoms with E-state index in [2.05, 4.69) is 15.5 Å². The van der Waals surface area contributed by atoms with E-state index in [1.807, 2.05) is 18.2 Å². The Hall–Kier alpha value is -2.28. The van der Waals surface area contributed by atoms with Crippen molar-refractivity contribution in [2.24, 2.45) is 0 Å². The molecule has 1 saturated carbocycles. The first kappa shape index (κ1) is 19.5. The van der Waals surface area contributed by atoms with Crippen LogP contribution in [-0.2, 0) is 16.1 Å². The third-order valence-corrected chi connectivity index (χ3v) is 5.41. The summed E-state index contributed by atoms with van der Waals surface area (Å²) in [7, 11) is 3.23. The summed E-state index contributed by atoms with van der Waals surface area (Å²) in [6.07, 6.45) is 4.59. The molecule has 0 spiro atoms. The second-order valence-corrected chi connectivity index (χ2v) is 7.21. The van der Waals surface area contributed by atoms with Gasteiger partial charge in [0.15, 0.2) is 0 Å². The topological polar surface area (TPSA) is 79.9 Å². The number of nitrogens with zero attached hydrogens (tertiary/aromatic N) is 1. The first-order valence-electron chi connectivity index (χ1n) is 9.62. The molecule has 0 aromatic heterocycles. The molecule has 1 aromatic carbocycles. The van der Waals surface area contributed by atoms with Crippen LogP contribution in [0.15, 0.2) is 18.2 Å². The molecule has 148 valence electrons. The standard InChI is InChI=1S/C20H29N3O4/c1-26-16-8-7-14(18(11-16)27-2)13-23-10-9-21-20(25)17(23)12-19(24)22-15-5-3-4-6-15/h7-8,11,15,17H,3-6,9-10,12-13H2,1-2H3,(H,21,25)(H,22,24)/t17-/m0/s1. The number of ether oxygens (including phenoxy) is 2. The van der Waals surface area contributed by atoms with E-state index in [0.29, 0.717) is 19.6 Å². The summed E-state index contributed by atoms with van der Waals surface area (Å²) in [5, 5.41) is 5.96. The molecule has 27 heavy (non-hydrogen) atoms. The van der Waals surface area contributed by atoms with Crippen molar-refractivity contribution in [1.82, 2.24) is 15.5 Å². The molecule has 2 fully saturated rings. The fourth-order valence-electron chi connectivity index (χ4n) is 3.91. The van der Waals surface area contributed by atoms with Crippen molar-refractivity contribution < 1.29 is 19.1 Å². The zero-order valence-electron chi connectivity index (χ0n) is 16.1. The minimum absolute atomic E-state index is 0.0457. The van der Waals surface area contributed by atoms with Gasteiger partial charge in [-0.2, -0.15) is 0 Å². The quantitative estimate of drug-likeness (QED) is 0.754. The molecule has 1 saturated heterocycles. The molecule has 2 amide bonds. The predicted molar refractivity (Wildman–Crippen MR) is 102 cm³/mol. The van der Waals surface area contributed by atoms with E-state index in [9.17, 15) is 9.59 Å². The number of carbonyl (C=O) groups is 2. The minimum atomic E-state index is -0.466. The van der Waals surface area contributed by atoms with Crippen LogP contribution in [0.4, 0.5) is 0 Å². The smallest absolute Gasteiger partial charge is 0.237 e. The van der Waals surface area contributed by atoms with Gasteiger partial charge in [-0.05, 0) is 18.9 Å². The SMILES string of the molecule is COc1ccc(CN2CCNC(=O)[C@@H]2CC(=O)NC2CCCC2)c(OC)c1. The molecule has 2 aliphatic rings. The van der Waals surface area contributed by atoms with Crippen LogP contribution in [0.25, 0.3) is 0 Å². The molecule has 0 unspecified atom stereocenters. The van der Waals surface area contributed by atoms with E-state index in [0.717, 1.165) is 42.7 Å². The average molecular weight is 375 g/mol. The largest absolute Gasteiger partial charge is 0.497 e. The Labute approximate surface area is 160 Å². The summed E-state index contributed by atoms with van der Waals surface area (Å²) in [4.78, 5) is 26.9. The number of piperazine rings is 1. The molecule has 1 heterocycles. The lowest BCUT2D eigenvalue weighted by Gasteiger charge is -2.35. The lowest BCUT2D eigenvalue weighted by molar-refractivity contribution is -0.134. The maximum atomic E-state index is 12.5. The normalized spacial score (nSPS) is 21.0. The zero-order chi connectivity index (χ0) is 19.2. The molecular weight excluding hydrogens is 346 g/mol. The maximum absolute atomic E-state index is 12.5. The number of carbonyl (C=O) groups excluding carboxylic acids is 2. The van der Waals surface area contributed by atoms with E-state index in [1.165, 1.54) is 0 Å². The Morgan fingerprint density at radius 1 is 1.26 bits per heavy atom. The Morgan fingerprint density at radius 3 is 2.74 bits per heavy atom. The highest BCUT2D eigenvalue weighted by atomic mass is 16.5. The zero-order valence-corrected chi connectivity index (χ0v) is 16.1. The van der Waals surface area contributed by atoms with Crippen LogP contribution in [0.2, 0.25) is 0 Å². The first-order valence-corrected chi connectivity index (χ1v) is 9.62. The van der Waals surface area contributed by atoms with Crippen molar-refractivity contribution in [2.45, 2.75) is 50.7 Å². The number of nitrogens with one attached hydrogen (secondary N) is 2. The van der Waals surface area contributed by atoms with Crippen molar-refractivity contribution >= 4 is 11.8 Å². The molecule has 7 nitrogen and oxygen atoms in total. The van der Waals surface area contributed by atoms with E-state index < -0.39 is 6.04 Å². The van der Waals surface area contributed by atoms with Crippen LogP contribution in [0.1, 0.15) is 37.7 Å². The fraction of sp³-hybridized carbons (Fsp3) is 0.600. The van der Waals surface area contributed by atoms with E-state index >= 15 is 0 Å². The number of hydrogen-bond donors (Lipinski definition) is 2. The average Bonchev–Trinajstić information content (AvgIpc) is 3.17. The molecule has 1 aromatic rings. The van der Waals surface area contributed by atoms with Crippen LogP contribution < -0.4 is 20.1 Å². The predicted octanol–water partition coefficient (Wildman–Crippen LogP) is 1.45. The lowest BCUT2D eigenvalue weighted by atomic mass is 10.1. The van der Waals surface area contributed by atoms with E-state index in [1.54, 1.807) is 14.2 Å². The number of amides is 2. The highest BCUT2D eigenvalue weighted by Crippen LogP contribution is 2.27. The maximum Gasteiger partial charge on any atom is 0.237 e. The molecule has 2 N–H and O–H groups in total. The van der Waals surface area contributed by atoms with Crippen LogP contribution in [-0.4, -0.2) is 56.1 Å². The van der Waals surface area contributed by atoms with Gasteiger partial charge in [0.05, 0.1) is 26.7 Å². The summed E-state index contributed by atoms with van der Waals surface area (Å²) < 4.78 is 10.7. The van der Waals surface area contributed by atoms with Crippen LogP contribution in [0.3, 0.4) is 0 Å². The molecule has 0 bridgehead atoms. The number of rotatable bonds is 7. The van der Waals surface area contributed by atoms with Gasteiger partial charge < -0.3 is 20.1 Å². The van der Waals surface area contributed by atoms with Gasteiger partial charge in [0, 0.05) is 37.3 Å². The van der Waals surface area contributed by atoms with Gasteiger partial charge in [-0.25, -0.2) is 0 Å². The lowest BCUT2D eigenvalue weighted by Crippen LogP contribution is -2.56.